The highest BCUT2D eigenvalue weighted by Crippen LogP contribution is 2.42. The maximum atomic E-state index is 13.1. The third-order valence-electron chi connectivity index (χ3n) is 5.13. The normalized spacial score (nSPS) is 20.4. The van der Waals surface area contributed by atoms with Crippen molar-refractivity contribution in [2.24, 2.45) is 0 Å². The van der Waals surface area contributed by atoms with Gasteiger partial charge in [-0.15, -0.1) is 11.3 Å². The molecule has 4 rings (SSSR count). The summed E-state index contributed by atoms with van der Waals surface area (Å²) >= 11 is 1.58. The Morgan fingerprint density at radius 1 is 1.14 bits per heavy atom. The molecule has 1 aromatic heterocycles. The van der Waals surface area contributed by atoms with Gasteiger partial charge in [0.05, 0.1) is 0 Å². The van der Waals surface area contributed by atoms with Crippen LogP contribution < -0.4 is 16.0 Å². The first kappa shape index (κ1) is 19.1. The summed E-state index contributed by atoms with van der Waals surface area (Å²) in [6, 6.07) is 7.91. The van der Waals surface area contributed by atoms with Crippen LogP contribution in [0.4, 0.5) is 16.2 Å². The van der Waals surface area contributed by atoms with E-state index in [2.05, 4.69) is 16.0 Å². The van der Waals surface area contributed by atoms with Gasteiger partial charge in [-0.2, -0.15) is 0 Å². The Morgan fingerprint density at radius 2 is 1.83 bits per heavy atom. The zero-order valence-electron chi connectivity index (χ0n) is 15.8. The minimum absolute atomic E-state index is 0.189. The molecule has 2 heterocycles. The van der Waals surface area contributed by atoms with Crippen molar-refractivity contribution in [3.63, 3.8) is 0 Å². The summed E-state index contributed by atoms with van der Waals surface area (Å²) in [6.45, 7) is 1.05. The molecule has 150 valence electrons. The SMILES string of the molecule is CC(=O)Nc1ccc(NC(=O)CN2C(=O)N[C@@]3(CCCc4sccc43)C2=O)cc1. The molecule has 0 saturated carbocycles. The van der Waals surface area contributed by atoms with Crippen molar-refractivity contribution >= 4 is 46.5 Å². The highest BCUT2D eigenvalue weighted by molar-refractivity contribution is 7.10. The number of imide groups is 1. The van der Waals surface area contributed by atoms with Crippen molar-refractivity contribution in [1.29, 1.82) is 0 Å². The summed E-state index contributed by atoms with van der Waals surface area (Å²) < 4.78 is 0. The third kappa shape index (κ3) is 3.49. The maximum absolute atomic E-state index is 13.1. The van der Waals surface area contributed by atoms with Gasteiger partial charge in [0.1, 0.15) is 12.1 Å². The molecule has 1 fully saturated rings. The molecule has 2 aliphatic rings. The number of amides is 5. The number of nitrogens with one attached hydrogen (secondary N) is 3. The first-order valence-electron chi connectivity index (χ1n) is 9.27. The fourth-order valence-electron chi connectivity index (χ4n) is 3.87. The van der Waals surface area contributed by atoms with Crippen LogP contribution in [0.5, 0.6) is 0 Å². The van der Waals surface area contributed by atoms with Gasteiger partial charge in [-0.1, -0.05) is 0 Å². The van der Waals surface area contributed by atoms with Gasteiger partial charge >= 0.3 is 6.03 Å². The molecule has 9 heteroatoms. The monoisotopic (exact) mass is 412 g/mol. The minimum Gasteiger partial charge on any atom is -0.326 e. The number of rotatable bonds is 4. The molecule has 0 unspecified atom stereocenters. The van der Waals surface area contributed by atoms with Crippen molar-refractivity contribution in [3.05, 3.63) is 46.2 Å². The minimum atomic E-state index is -1.05. The average molecular weight is 412 g/mol. The standard InChI is InChI=1S/C20H20N4O4S/c1-12(25)21-13-4-6-14(7-5-13)22-17(26)11-24-18(27)20(23-19(24)28)9-2-3-16-15(20)8-10-29-16/h4-8,10H,2-3,9,11H2,1H3,(H,21,25)(H,22,26)(H,23,28)/t20-/m1/s1. The lowest BCUT2D eigenvalue weighted by Crippen LogP contribution is -2.46. The molecule has 1 spiro atoms. The molecule has 1 saturated heterocycles. The third-order valence-corrected chi connectivity index (χ3v) is 6.11. The molecule has 29 heavy (non-hydrogen) atoms. The molecular formula is C20H20N4O4S. The number of fused-ring (bicyclic) bond motifs is 2. The molecule has 8 nitrogen and oxygen atoms in total. The average Bonchev–Trinajstić information content (AvgIpc) is 3.24. The van der Waals surface area contributed by atoms with Crippen LogP contribution in [0, 0.1) is 0 Å². The number of aryl methyl sites for hydroxylation is 1. The van der Waals surface area contributed by atoms with E-state index in [1.54, 1.807) is 35.6 Å². The van der Waals surface area contributed by atoms with Gasteiger partial charge in [-0.3, -0.25) is 19.3 Å². The molecule has 1 aromatic carbocycles. The number of nitrogens with zero attached hydrogens (tertiary/aromatic N) is 1. The van der Waals surface area contributed by atoms with Crippen LogP contribution in [0.15, 0.2) is 35.7 Å². The van der Waals surface area contributed by atoms with Gasteiger partial charge < -0.3 is 16.0 Å². The van der Waals surface area contributed by atoms with Gasteiger partial charge in [-0.05, 0) is 55.0 Å². The second-order valence-corrected chi connectivity index (χ2v) is 8.15. The Balaban J connectivity index is 1.45. The van der Waals surface area contributed by atoms with Crippen LogP contribution in [-0.2, 0) is 26.3 Å². The maximum Gasteiger partial charge on any atom is 0.325 e. The van der Waals surface area contributed by atoms with E-state index in [9.17, 15) is 19.2 Å². The number of urea groups is 1. The predicted molar refractivity (Wildman–Crippen MR) is 109 cm³/mol. The quantitative estimate of drug-likeness (QED) is 0.670. The molecule has 2 aromatic rings. The van der Waals surface area contributed by atoms with E-state index in [1.165, 1.54) is 6.92 Å². The molecule has 3 N–H and O–H groups in total. The van der Waals surface area contributed by atoms with E-state index in [0.29, 0.717) is 17.8 Å². The topological polar surface area (TPSA) is 108 Å². The zero-order chi connectivity index (χ0) is 20.6. The highest BCUT2D eigenvalue weighted by Gasteiger charge is 2.54. The predicted octanol–water partition coefficient (Wildman–Crippen LogP) is 2.43. The Labute approximate surface area is 171 Å². The lowest BCUT2D eigenvalue weighted by molar-refractivity contribution is -0.134. The van der Waals surface area contributed by atoms with Crippen molar-refractivity contribution < 1.29 is 19.2 Å². The second-order valence-electron chi connectivity index (χ2n) is 7.14. The Bertz CT molecular complexity index is 1000. The van der Waals surface area contributed by atoms with Crippen LogP contribution >= 0.6 is 11.3 Å². The smallest absolute Gasteiger partial charge is 0.325 e. The number of hydrogen-bond acceptors (Lipinski definition) is 5. The van der Waals surface area contributed by atoms with Crippen LogP contribution in [-0.4, -0.2) is 35.2 Å². The number of carbonyl (C=O) groups is 4. The highest BCUT2D eigenvalue weighted by atomic mass is 32.1. The number of carbonyl (C=O) groups excluding carboxylic acids is 4. The summed E-state index contributed by atoms with van der Waals surface area (Å²) in [4.78, 5) is 51.2. The van der Waals surface area contributed by atoms with E-state index < -0.39 is 17.5 Å². The molecule has 1 atom stereocenters. The van der Waals surface area contributed by atoms with E-state index in [-0.39, 0.29) is 18.4 Å². The Morgan fingerprint density at radius 3 is 2.52 bits per heavy atom. The summed E-state index contributed by atoms with van der Waals surface area (Å²) in [5.74, 6) is -1.04. The van der Waals surface area contributed by atoms with Gasteiger partial charge in [0.25, 0.3) is 5.91 Å². The van der Waals surface area contributed by atoms with Crippen LogP contribution in [0.1, 0.15) is 30.2 Å². The molecule has 0 radical (unpaired) electrons. The molecule has 1 aliphatic carbocycles. The second kappa shape index (κ2) is 7.32. The van der Waals surface area contributed by atoms with E-state index in [1.807, 2.05) is 11.4 Å². The lowest BCUT2D eigenvalue weighted by atomic mass is 9.80. The summed E-state index contributed by atoms with van der Waals surface area (Å²) in [5.41, 5.74) is 0.910. The van der Waals surface area contributed by atoms with Crippen LogP contribution in [0.2, 0.25) is 0 Å². The van der Waals surface area contributed by atoms with Crippen molar-refractivity contribution in [1.82, 2.24) is 10.2 Å². The first-order valence-corrected chi connectivity index (χ1v) is 10.2. The molecular weight excluding hydrogens is 392 g/mol. The van der Waals surface area contributed by atoms with Crippen LogP contribution in [0.3, 0.4) is 0 Å². The van der Waals surface area contributed by atoms with Gasteiger partial charge in [0, 0.05) is 28.7 Å². The fourth-order valence-corrected chi connectivity index (χ4v) is 4.87. The molecule has 0 bridgehead atoms. The summed E-state index contributed by atoms with van der Waals surface area (Å²) in [5, 5.41) is 10.1. The number of thiophene rings is 1. The first-order chi connectivity index (χ1) is 13.9. The number of anilines is 2. The van der Waals surface area contributed by atoms with Crippen molar-refractivity contribution in [2.75, 3.05) is 17.2 Å². The fraction of sp³-hybridized carbons (Fsp3) is 0.300. The largest absolute Gasteiger partial charge is 0.326 e. The van der Waals surface area contributed by atoms with Gasteiger partial charge in [0.2, 0.25) is 11.8 Å². The Hall–Kier alpha value is -3.20. The number of hydrogen-bond donors (Lipinski definition) is 3. The number of benzene rings is 1. The van der Waals surface area contributed by atoms with Crippen molar-refractivity contribution in [3.8, 4) is 0 Å². The zero-order valence-corrected chi connectivity index (χ0v) is 16.6. The van der Waals surface area contributed by atoms with Gasteiger partial charge in [-0.25, -0.2) is 4.79 Å². The molecule has 5 amide bonds. The van der Waals surface area contributed by atoms with E-state index >= 15 is 0 Å². The summed E-state index contributed by atoms with van der Waals surface area (Å²) in [6.07, 6.45) is 2.23. The van der Waals surface area contributed by atoms with E-state index in [4.69, 9.17) is 0 Å². The van der Waals surface area contributed by atoms with Crippen LogP contribution in [0.25, 0.3) is 0 Å². The Kier molecular flexibility index (Phi) is 4.83. The molecule has 1 aliphatic heterocycles. The van der Waals surface area contributed by atoms with Crippen molar-refractivity contribution in [2.45, 2.75) is 31.7 Å². The lowest BCUT2D eigenvalue weighted by Gasteiger charge is -2.31. The van der Waals surface area contributed by atoms with Gasteiger partial charge in [0.15, 0.2) is 0 Å². The van der Waals surface area contributed by atoms with E-state index in [0.717, 1.165) is 28.2 Å². The summed E-state index contributed by atoms with van der Waals surface area (Å²) in [7, 11) is 0.